The molecule has 1 aromatic carbocycles. The van der Waals surface area contributed by atoms with Crippen LogP contribution in [0.4, 0.5) is 0 Å². The van der Waals surface area contributed by atoms with Crippen LogP contribution in [0.3, 0.4) is 0 Å². The zero-order chi connectivity index (χ0) is 15.5. The van der Waals surface area contributed by atoms with E-state index in [1.165, 1.54) is 24.0 Å². The summed E-state index contributed by atoms with van der Waals surface area (Å²) in [6.45, 7) is 2.07. The van der Waals surface area contributed by atoms with Crippen LogP contribution in [0.2, 0.25) is 0 Å². The van der Waals surface area contributed by atoms with Gasteiger partial charge in [-0.2, -0.15) is 5.10 Å². The van der Waals surface area contributed by atoms with Crippen LogP contribution in [0, 0.1) is 5.92 Å². The first kappa shape index (κ1) is 14.2. The molecule has 0 unspecified atom stereocenters. The van der Waals surface area contributed by atoms with Crippen molar-refractivity contribution in [2.75, 3.05) is 6.54 Å². The van der Waals surface area contributed by atoms with Crippen LogP contribution < -0.4 is 5.32 Å². The molecule has 4 nitrogen and oxygen atoms in total. The quantitative estimate of drug-likeness (QED) is 0.758. The van der Waals surface area contributed by atoms with Crippen LogP contribution >= 0.6 is 0 Å². The smallest absolute Gasteiger partial charge is 0.153 e. The van der Waals surface area contributed by atoms with Crippen LogP contribution in [0.5, 0.6) is 0 Å². The Hall–Kier alpha value is -2.46. The van der Waals surface area contributed by atoms with E-state index in [2.05, 4.69) is 39.7 Å². The first-order valence-corrected chi connectivity index (χ1v) is 8.14. The molecule has 1 fully saturated rings. The van der Waals surface area contributed by atoms with Crippen LogP contribution in [0.1, 0.15) is 18.4 Å². The minimum absolute atomic E-state index is 0.834. The van der Waals surface area contributed by atoms with Gasteiger partial charge in [0.05, 0.1) is 6.20 Å². The molecule has 0 spiro atoms. The molecule has 1 saturated carbocycles. The molecule has 23 heavy (non-hydrogen) atoms. The van der Waals surface area contributed by atoms with E-state index in [-0.39, 0.29) is 0 Å². The monoisotopic (exact) mass is 304 g/mol. The van der Waals surface area contributed by atoms with Gasteiger partial charge in [0.15, 0.2) is 5.82 Å². The average molecular weight is 304 g/mol. The van der Waals surface area contributed by atoms with Gasteiger partial charge in [-0.3, -0.25) is 0 Å². The Bertz CT molecular complexity index is 775. The number of pyridine rings is 1. The summed E-state index contributed by atoms with van der Waals surface area (Å²) in [5.74, 6) is 1.75. The lowest BCUT2D eigenvalue weighted by Crippen LogP contribution is -2.15. The van der Waals surface area contributed by atoms with Crippen LogP contribution in [0.25, 0.3) is 16.9 Å². The summed E-state index contributed by atoms with van der Waals surface area (Å²) in [4.78, 5) is 4.33. The maximum Gasteiger partial charge on any atom is 0.153 e. The van der Waals surface area contributed by atoms with E-state index in [0.717, 1.165) is 30.4 Å². The predicted molar refractivity (Wildman–Crippen MR) is 91.2 cm³/mol. The molecule has 0 atom stereocenters. The van der Waals surface area contributed by atoms with Crippen LogP contribution in [-0.4, -0.2) is 21.3 Å². The van der Waals surface area contributed by atoms with Gasteiger partial charge in [0.2, 0.25) is 0 Å². The molecule has 0 aliphatic heterocycles. The molecular formula is C19H20N4. The van der Waals surface area contributed by atoms with E-state index in [0.29, 0.717) is 0 Å². The normalized spacial score (nSPS) is 14.1. The Kier molecular flexibility index (Phi) is 3.90. The minimum Gasteiger partial charge on any atom is -0.312 e. The Morgan fingerprint density at radius 1 is 1.09 bits per heavy atom. The minimum atomic E-state index is 0.834. The standard InChI is InChI=1S/C19H20N4/c1-2-9-21-19(6-1)23-14-18(13-22-23)17-5-3-4-16(10-17)12-20-11-15-7-8-15/h1-6,9-10,13-15,20H,7-8,11-12H2. The maximum absolute atomic E-state index is 4.42. The van der Waals surface area contributed by atoms with Crippen molar-refractivity contribution in [2.45, 2.75) is 19.4 Å². The molecule has 3 aromatic rings. The van der Waals surface area contributed by atoms with Gasteiger partial charge in [-0.25, -0.2) is 9.67 Å². The van der Waals surface area contributed by atoms with Gasteiger partial charge < -0.3 is 5.32 Å². The van der Waals surface area contributed by atoms with E-state index in [1.54, 1.807) is 6.20 Å². The van der Waals surface area contributed by atoms with Crippen LogP contribution in [-0.2, 0) is 6.54 Å². The van der Waals surface area contributed by atoms with Gasteiger partial charge in [-0.15, -0.1) is 0 Å². The highest BCUT2D eigenvalue weighted by Crippen LogP contribution is 2.27. The third-order valence-electron chi connectivity index (χ3n) is 4.19. The zero-order valence-corrected chi connectivity index (χ0v) is 13.0. The molecule has 0 saturated heterocycles. The largest absolute Gasteiger partial charge is 0.312 e. The highest BCUT2D eigenvalue weighted by Gasteiger charge is 2.20. The van der Waals surface area contributed by atoms with Gasteiger partial charge in [0.25, 0.3) is 0 Å². The van der Waals surface area contributed by atoms with Crippen molar-refractivity contribution in [3.8, 4) is 16.9 Å². The summed E-state index contributed by atoms with van der Waals surface area (Å²) in [7, 11) is 0. The molecule has 2 aromatic heterocycles. The van der Waals surface area contributed by atoms with Gasteiger partial charge in [0, 0.05) is 24.5 Å². The molecule has 1 aliphatic rings. The molecule has 1 aliphatic carbocycles. The van der Waals surface area contributed by atoms with Crippen molar-refractivity contribution in [1.82, 2.24) is 20.1 Å². The third-order valence-corrected chi connectivity index (χ3v) is 4.19. The number of hydrogen-bond donors (Lipinski definition) is 1. The second kappa shape index (κ2) is 6.34. The Balaban J connectivity index is 1.50. The molecule has 4 heteroatoms. The Morgan fingerprint density at radius 2 is 2.04 bits per heavy atom. The molecule has 0 radical (unpaired) electrons. The van der Waals surface area contributed by atoms with Gasteiger partial charge in [-0.05, 0) is 54.6 Å². The van der Waals surface area contributed by atoms with E-state index in [9.17, 15) is 0 Å². The summed E-state index contributed by atoms with van der Waals surface area (Å²) in [5, 5.41) is 7.97. The second-order valence-corrected chi connectivity index (χ2v) is 6.14. The van der Waals surface area contributed by atoms with Crippen LogP contribution in [0.15, 0.2) is 61.1 Å². The number of hydrogen-bond acceptors (Lipinski definition) is 3. The fourth-order valence-corrected chi connectivity index (χ4v) is 2.69. The van der Waals surface area contributed by atoms with E-state index in [1.807, 2.05) is 35.3 Å². The summed E-state index contributed by atoms with van der Waals surface area (Å²) in [5.41, 5.74) is 3.62. The maximum atomic E-state index is 4.42. The van der Waals surface area contributed by atoms with Crippen molar-refractivity contribution in [2.24, 2.45) is 5.92 Å². The van der Waals surface area contributed by atoms with Crippen molar-refractivity contribution < 1.29 is 0 Å². The van der Waals surface area contributed by atoms with Crippen molar-refractivity contribution in [1.29, 1.82) is 0 Å². The lowest BCUT2D eigenvalue weighted by atomic mass is 10.1. The number of rotatable bonds is 6. The molecule has 0 bridgehead atoms. The lowest BCUT2D eigenvalue weighted by Gasteiger charge is -2.05. The lowest BCUT2D eigenvalue weighted by molar-refractivity contribution is 0.639. The third kappa shape index (κ3) is 3.48. The average Bonchev–Trinajstić information content (AvgIpc) is 3.29. The first-order valence-electron chi connectivity index (χ1n) is 8.14. The Morgan fingerprint density at radius 3 is 2.87 bits per heavy atom. The summed E-state index contributed by atoms with van der Waals surface area (Å²) in [6, 6.07) is 14.5. The molecule has 2 heterocycles. The first-order chi connectivity index (χ1) is 11.4. The van der Waals surface area contributed by atoms with Crippen molar-refractivity contribution >= 4 is 0 Å². The SMILES string of the molecule is c1ccc(-n2cc(-c3cccc(CNCC4CC4)c3)cn2)nc1. The highest BCUT2D eigenvalue weighted by molar-refractivity contribution is 5.63. The van der Waals surface area contributed by atoms with E-state index in [4.69, 9.17) is 0 Å². The fraction of sp³-hybridized carbons (Fsp3) is 0.263. The van der Waals surface area contributed by atoms with Crippen molar-refractivity contribution in [3.05, 3.63) is 66.6 Å². The number of nitrogens with one attached hydrogen (secondary N) is 1. The number of aromatic nitrogens is 3. The fourth-order valence-electron chi connectivity index (χ4n) is 2.69. The van der Waals surface area contributed by atoms with Gasteiger partial charge in [-0.1, -0.05) is 24.3 Å². The topological polar surface area (TPSA) is 42.7 Å². The van der Waals surface area contributed by atoms with Gasteiger partial charge >= 0.3 is 0 Å². The molecule has 4 rings (SSSR count). The second-order valence-electron chi connectivity index (χ2n) is 6.14. The number of benzene rings is 1. The zero-order valence-electron chi connectivity index (χ0n) is 13.0. The molecule has 1 N–H and O–H groups in total. The summed E-state index contributed by atoms with van der Waals surface area (Å²) < 4.78 is 1.81. The van der Waals surface area contributed by atoms with Gasteiger partial charge in [0.1, 0.15) is 0 Å². The molecule has 0 amide bonds. The van der Waals surface area contributed by atoms with E-state index < -0.39 is 0 Å². The number of nitrogens with zero attached hydrogens (tertiary/aromatic N) is 3. The predicted octanol–water partition coefficient (Wildman–Crippen LogP) is 3.43. The highest BCUT2D eigenvalue weighted by atomic mass is 15.3. The summed E-state index contributed by atoms with van der Waals surface area (Å²) in [6.07, 6.45) is 8.48. The Labute approximate surface area is 136 Å². The molecular weight excluding hydrogens is 284 g/mol. The summed E-state index contributed by atoms with van der Waals surface area (Å²) >= 11 is 0. The van der Waals surface area contributed by atoms with Crippen molar-refractivity contribution in [3.63, 3.8) is 0 Å². The molecule has 116 valence electrons. The van der Waals surface area contributed by atoms with E-state index >= 15 is 0 Å².